The summed E-state index contributed by atoms with van der Waals surface area (Å²) in [5, 5.41) is 16.8. The van der Waals surface area contributed by atoms with Crippen molar-refractivity contribution in [1.82, 2.24) is 19.5 Å². The number of fused-ring (bicyclic) bond motifs is 1. The molecule has 8 nitrogen and oxygen atoms in total. The van der Waals surface area contributed by atoms with Crippen LogP contribution in [0.4, 0.5) is 23.1 Å². The summed E-state index contributed by atoms with van der Waals surface area (Å²) in [4.78, 5) is 27.1. The molecule has 3 heterocycles. The smallest absolute Gasteiger partial charge is 0.262 e. The Morgan fingerprint density at radius 3 is 2.63 bits per heavy atom. The molecule has 30 heavy (non-hydrogen) atoms. The van der Waals surface area contributed by atoms with E-state index in [4.69, 9.17) is 0 Å². The molecule has 3 aromatic heterocycles. The van der Waals surface area contributed by atoms with Crippen LogP contribution in [0.3, 0.4) is 0 Å². The predicted octanol–water partition coefficient (Wildman–Crippen LogP) is 3.39. The molecule has 0 unspecified atom stereocenters. The number of hydrogen-bond donors (Lipinski definition) is 3. The Hall–Kier alpha value is -3.43. The van der Waals surface area contributed by atoms with Crippen LogP contribution in [0.2, 0.25) is 0 Å². The second-order valence-corrected chi connectivity index (χ2v) is 7.31. The Labute approximate surface area is 177 Å². The van der Waals surface area contributed by atoms with Crippen LogP contribution in [-0.2, 0) is 6.54 Å². The summed E-state index contributed by atoms with van der Waals surface area (Å²) in [7, 11) is 0. The van der Waals surface area contributed by atoms with Crippen molar-refractivity contribution in [3.05, 3.63) is 71.5 Å². The predicted molar refractivity (Wildman–Crippen MR) is 120 cm³/mol. The van der Waals surface area contributed by atoms with Crippen LogP contribution in [0.15, 0.2) is 70.9 Å². The third kappa shape index (κ3) is 4.27. The zero-order chi connectivity index (χ0) is 20.9. The molecule has 0 aliphatic carbocycles. The molecular formula is C21H20N6O2S. The highest BCUT2D eigenvalue weighted by molar-refractivity contribution is 7.98. The van der Waals surface area contributed by atoms with Gasteiger partial charge in [0, 0.05) is 35.7 Å². The van der Waals surface area contributed by atoms with Crippen molar-refractivity contribution in [2.75, 3.05) is 23.5 Å². The Kier molecular flexibility index (Phi) is 5.92. The number of rotatable bonds is 7. The lowest BCUT2D eigenvalue weighted by atomic mass is 10.2. The molecule has 4 rings (SSSR count). The molecule has 0 aliphatic heterocycles. The van der Waals surface area contributed by atoms with Crippen LogP contribution in [-0.4, -0.2) is 37.5 Å². The van der Waals surface area contributed by atoms with Crippen LogP contribution in [0.5, 0.6) is 0 Å². The monoisotopic (exact) mass is 420 g/mol. The van der Waals surface area contributed by atoms with Crippen molar-refractivity contribution < 1.29 is 5.11 Å². The summed E-state index contributed by atoms with van der Waals surface area (Å²) in [6.07, 6.45) is 8.46. The number of hydrogen-bond acceptors (Lipinski definition) is 8. The van der Waals surface area contributed by atoms with Crippen LogP contribution < -0.4 is 16.2 Å². The van der Waals surface area contributed by atoms with Gasteiger partial charge in [0.2, 0.25) is 0 Å². The number of anilines is 4. The molecule has 0 amide bonds. The van der Waals surface area contributed by atoms with Crippen LogP contribution >= 0.6 is 11.8 Å². The number of pyridine rings is 2. The number of aromatic nitrogens is 4. The average Bonchev–Trinajstić information content (AvgIpc) is 2.77. The highest BCUT2D eigenvalue weighted by Crippen LogP contribution is 2.27. The molecule has 0 saturated carbocycles. The molecule has 0 spiro atoms. The van der Waals surface area contributed by atoms with Gasteiger partial charge in [-0.3, -0.25) is 9.78 Å². The van der Waals surface area contributed by atoms with E-state index >= 15 is 0 Å². The SMILES string of the molecule is CSc1ccc(Nc2nc(Nc3cnccn3)cc3ccn(CCO)c(=O)c23)cc1. The summed E-state index contributed by atoms with van der Waals surface area (Å²) in [6, 6.07) is 11.5. The molecule has 9 heteroatoms. The Morgan fingerprint density at radius 2 is 1.93 bits per heavy atom. The number of nitrogens with one attached hydrogen (secondary N) is 2. The zero-order valence-corrected chi connectivity index (χ0v) is 17.1. The van der Waals surface area contributed by atoms with Gasteiger partial charge < -0.3 is 20.3 Å². The molecule has 0 saturated heterocycles. The van der Waals surface area contributed by atoms with E-state index < -0.39 is 0 Å². The maximum absolute atomic E-state index is 13.0. The average molecular weight is 420 g/mol. The van der Waals surface area contributed by atoms with Gasteiger partial charge in [0.1, 0.15) is 17.5 Å². The van der Waals surface area contributed by atoms with Crippen molar-refractivity contribution in [2.24, 2.45) is 0 Å². The van der Waals surface area contributed by atoms with Gasteiger partial charge in [0.25, 0.3) is 5.56 Å². The first-order valence-corrected chi connectivity index (χ1v) is 10.5. The minimum atomic E-state index is -0.219. The van der Waals surface area contributed by atoms with E-state index in [1.165, 1.54) is 4.57 Å². The minimum Gasteiger partial charge on any atom is -0.395 e. The molecule has 0 atom stereocenters. The third-order valence-corrected chi connectivity index (χ3v) is 5.22. The highest BCUT2D eigenvalue weighted by atomic mass is 32.2. The topological polar surface area (TPSA) is 105 Å². The minimum absolute atomic E-state index is 0.121. The Balaban J connectivity index is 1.81. The van der Waals surface area contributed by atoms with Gasteiger partial charge >= 0.3 is 0 Å². The molecule has 4 aromatic rings. The van der Waals surface area contributed by atoms with Gasteiger partial charge in [-0.25, -0.2) is 9.97 Å². The van der Waals surface area contributed by atoms with Gasteiger partial charge in [-0.15, -0.1) is 11.8 Å². The normalized spacial score (nSPS) is 10.9. The van der Waals surface area contributed by atoms with E-state index in [9.17, 15) is 9.90 Å². The molecule has 0 fully saturated rings. The summed E-state index contributed by atoms with van der Waals surface area (Å²) in [6.45, 7) is 0.0975. The quantitative estimate of drug-likeness (QED) is 0.391. The fourth-order valence-electron chi connectivity index (χ4n) is 3.05. The molecule has 1 aromatic carbocycles. The van der Waals surface area contributed by atoms with Gasteiger partial charge in [-0.1, -0.05) is 0 Å². The molecular weight excluding hydrogens is 400 g/mol. The lowest BCUT2D eigenvalue weighted by molar-refractivity contribution is 0.274. The molecule has 152 valence electrons. The first-order valence-electron chi connectivity index (χ1n) is 9.27. The Morgan fingerprint density at radius 1 is 1.10 bits per heavy atom. The second kappa shape index (κ2) is 8.93. The lowest BCUT2D eigenvalue weighted by Crippen LogP contribution is -2.22. The Bertz CT molecular complexity index is 1210. The van der Waals surface area contributed by atoms with Crippen molar-refractivity contribution in [1.29, 1.82) is 0 Å². The van der Waals surface area contributed by atoms with Crippen LogP contribution in [0.1, 0.15) is 0 Å². The maximum Gasteiger partial charge on any atom is 0.262 e. The number of nitrogens with zero attached hydrogens (tertiary/aromatic N) is 4. The van der Waals surface area contributed by atoms with Crippen molar-refractivity contribution in [3.8, 4) is 0 Å². The molecule has 0 aliphatic rings. The van der Waals surface area contributed by atoms with Crippen molar-refractivity contribution >= 4 is 45.7 Å². The fourth-order valence-corrected chi connectivity index (χ4v) is 3.46. The zero-order valence-electron chi connectivity index (χ0n) is 16.2. The van der Waals surface area contributed by atoms with E-state index in [1.807, 2.05) is 36.6 Å². The number of benzene rings is 1. The fraction of sp³-hybridized carbons (Fsp3) is 0.143. The standard InChI is InChI=1S/C21H20N6O2S/c1-30-16-4-2-15(3-5-16)24-20-19-14(6-9-27(10-11-28)21(19)29)12-17(26-20)25-18-13-22-7-8-23-18/h2-9,12-13,28H,10-11H2,1H3,(H2,23,24,25,26). The van der Waals surface area contributed by atoms with Gasteiger partial charge in [-0.05, 0) is 48.0 Å². The maximum atomic E-state index is 13.0. The van der Waals surface area contributed by atoms with E-state index in [-0.39, 0.29) is 18.7 Å². The van der Waals surface area contributed by atoms with Gasteiger partial charge in [0.15, 0.2) is 0 Å². The van der Waals surface area contributed by atoms with E-state index in [0.717, 1.165) is 16.0 Å². The van der Waals surface area contributed by atoms with Crippen LogP contribution in [0.25, 0.3) is 10.8 Å². The van der Waals surface area contributed by atoms with Crippen molar-refractivity contribution in [3.63, 3.8) is 0 Å². The van der Waals surface area contributed by atoms with E-state index in [0.29, 0.717) is 22.8 Å². The molecule has 3 N–H and O–H groups in total. The van der Waals surface area contributed by atoms with Crippen LogP contribution in [0, 0.1) is 0 Å². The van der Waals surface area contributed by atoms with E-state index in [1.54, 1.807) is 42.6 Å². The van der Waals surface area contributed by atoms with E-state index in [2.05, 4.69) is 25.6 Å². The highest BCUT2D eigenvalue weighted by Gasteiger charge is 2.13. The lowest BCUT2D eigenvalue weighted by Gasteiger charge is -2.14. The van der Waals surface area contributed by atoms with Gasteiger partial charge in [-0.2, -0.15) is 0 Å². The second-order valence-electron chi connectivity index (χ2n) is 6.43. The summed E-state index contributed by atoms with van der Waals surface area (Å²) in [5.74, 6) is 1.51. The number of aliphatic hydroxyl groups is 1. The third-order valence-electron chi connectivity index (χ3n) is 4.47. The first kappa shape index (κ1) is 19.9. The summed E-state index contributed by atoms with van der Waals surface area (Å²) in [5.41, 5.74) is 0.596. The summed E-state index contributed by atoms with van der Waals surface area (Å²) >= 11 is 1.66. The summed E-state index contributed by atoms with van der Waals surface area (Å²) < 4.78 is 1.47. The number of aliphatic hydroxyl groups excluding tert-OH is 1. The molecule has 0 radical (unpaired) electrons. The first-order chi connectivity index (χ1) is 14.7. The van der Waals surface area contributed by atoms with Gasteiger partial charge in [0.05, 0.1) is 18.2 Å². The van der Waals surface area contributed by atoms with Crippen molar-refractivity contribution in [2.45, 2.75) is 11.4 Å². The largest absolute Gasteiger partial charge is 0.395 e. The number of thioether (sulfide) groups is 1. The molecule has 0 bridgehead atoms.